The molecule has 0 atom stereocenters. The smallest absolute Gasteiger partial charge is 0.238 e. The van der Waals surface area contributed by atoms with Crippen LogP contribution in [-0.4, -0.2) is 24.1 Å². The van der Waals surface area contributed by atoms with Crippen molar-refractivity contribution < 1.29 is 0 Å². The van der Waals surface area contributed by atoms with Crippen molar-refractivity contribution in [1.82, 2.24) is 24.1 Å². The highest BCUT2D eigenvalue weighted by Gasteiger charge is 2.24. The van der Waals surface area contributed by atoms with Crippen molar-refractivity contribution in [2.45, 2.75) is 0 Å². The summed E-state index contributed by atoms with van der Waals surface area (Å²) in [6, 6.07) is 75.4. The fourth-order valence-electron chi connectivity index (χ4n) is 9.53. The Hall–Kier alpha value is -8.19. The highest BCUT2D eigenvalue weighted by molar-refractivity contribution is 7.27. The molecule has 0 saturated heterocycles. The fourth-order valence-corrected chi connectivity index (χ4v) is 10.9. The topological polar surface area (TPSA) is 48.5 Å². The SMILES string of the molecule is c1ccc(-c2ccc(-c3nc(-c4ccccc4)nc(-n4c5ccccc5c5ccc6c7ccc8c9ccccc9n(-c9ccccc9-c9ccccc9)c8c7sc6c54)n3)cc2)cc1. The Balaban J connectivity index is 1.10. The molecule has 4 aromatic heterocycles. The average Bonchev–Trinajstić information content (AvgIpc) is 4.03. The summed E-state index contributed by atoms with van der Waals surface area (Å²) in [5.74, 6) is 1.83. The van der Waals surface area contributed by atoms with Gasteiger partial charge >= 0.3 is 0 Å². The van der Waals surface area contributed by atoms with E-state index in [0.717, 1.165) is 44.2 Å². The van der Waals surface area contributed by atoms with E-state index >= 15 is 0 Å². The van der Waals surface area contributed by atoms with Gasteiger partial charge in [-0.1, -0.05) is 194 Å². The van der Waals surface area contributed by atoms with Crippen LogP contribution in [0.2, 0.25) is 0 Å². The molecule has 0 aliphatic rings. The molecule has 294 valence electrons. The Morgan fingerprint density at radius 2 is 0.730 bits per heavy atom. The number of fused-ring (bicyclic) bond motifs is 11. The van der Waals surface area contributed by atoms with E-state index in [4.69, 9.17) is 15.0 Å². The van der Waals surface area contributed by atoms with Gasteiger partial charge in [-0.3, -0.25) is 4.57 Å². The number of rotatable bonds is 6. The molecule has 63 heavy (non-hydrogen) atoms. The van der Waals surface area contributed by atoms with Gasteiger partial charge < -0.3 is 4.57 Å². The molecule has 0 aliphatic heterocycles. The third-order valence-electron chi connectivity index (χ3n) is 12.4. The zero-order valence-corrected chi connectivity index (χ0v) is 34.7. The van der Waals surface area contributed by atoms with Crippen LogP contribution in [0, 0.1) is 0 Å². The molecule has 0 fully saturated rings. The van der Waals surface area contributed by atoms with Crippen LogP contribution in [0.5, 0.6) is 0 Å². The first-order valence-electron chi connectivity index (χ1n) is 21.2. The molecule has 5 nitrogen and oxygen atoms in total. The molecule has 0 radical (unpaired) electrons. The van der Waals surface area contributed by atoms with E-state index < -0.39 is 0 Å². The fraction of sp³-hybridized carbons (Fsp3) is 0. The van der Waals surface area contributed by atoms with Gasteiger partial charge in [0.15, 0.2) is 11.6 Å². The summed E-state index contributed by atoms with van der Waals surface area (Å²) in [6.45, 7) is 0. The van der Waals surface area contributed by atoms with E-state index in [1.165, 1.54) is 58.7 Å². The lowest BCUT2D eigenvalue weighted by molar-refractivity contribution is 0.955. The van der Waals surface area contributed by atoms with Crippen LogP contribution in [0.4, 0.5) is 0 Å². The first kappa shape index (κ1) is 35.6. The van der Waals surface area contributed by atoms with Gasteiger partial charge in [-0.25, -0.2) is 4.98 Å². The molecule has 6 heteroatoms. The Bertz CT molecular complexity index is 3890. The molecule has 0 spiro atoms. The maximum atomic E-state index is 5.35. The zero-order valence-electron chi connectivity index (χ0n) is 33.9. The van der Waals surface area contributed by atoms with Crippen LogP contribution in [0.1, 0.15) is 0 Å². The second kappa shape index (κ2) is 14.2. The summed E-state index contributed by atoms with van der Waals surface area (Å²) < 4.78 is 7.20. The quantitative estimate of drug-likeness (QED) is 0.168. The lowest BCUT2D eigenvalue weighted by atomic mass is 10.0. The number of hydrogen-bond acceptors (Lipinski definition) is 4. The Kier molecular flexibility index (Phi) is 8.01. The molecule has 0 unspecified atom stereocenters. The van der Waals surface area contributed by atoms with Crippen LogP contribution in [0.3, 0.4) is 0 Å². The second-order valence-electron chi connectivity index (χ2n) is 16.0. The number of thiophene rings is 1. The van der Waals surface area contributed by atoms with Crippen molar-refractivity contribution in [1.29, 1.82) is 0 Å². The number of nitrogens with zero attached hydrogens (tertiary/aromatic N) is 5. The summed E-state index contributed by atoms with van der Waals surface area (Å²) in [6.07, 6.45) is 0. The summed E-state index contributed by atoms with van der Waals surface area (Å²) in [5.41, 5.74) is 12.2. The lowest BCUT2D eigenvalue weighted by Crippen LogP contribution is -2.06. The molecule has 13 aromatic rings. The van der Waals surface area contributed by atoms with E-state index in [1.54, 1.807) is 0 Å². The molecule has 9 aromatic carbocycles. The van der Waals surface area contributed by atoms with Gasteiger partial charge in [0.05, 0.1) is 37.2 Å². The normalized spacial score (nSPS) is 11.8. The van der Waals surface area contributed by atoms with Crippen molar-refractivity contribution >= 4 is 75.1 Å². The minimum Gasteiger partial charge on any atom is -0.307 e. The van der Waals surface area contributed by atoms with Crippen molar-refractivity contribution in [2.75, 3.05) is 0 Å². The Morgan fingerprint density at radius 1 is 0.302 bits per heavy atom. The number of para-hydroxylation sites is 3. The van der Waals surface area contributed by atoms with E-state index in [0.29, 0.717) is 17.6 Å². The van der Waals surface area contributed by atoms with Crippen molar-refractivity contribution in [3.8, 4) is 56.7 Å². The third-order valence-corrected chi connectivity index (χ3v) is 13.6. The summed E-state index contributed by atoms with van der Waals surface area (Å²) in [5, 5.41) is 7.21. The van der Waals surface area contributed by atoms with Gasteiger partial charge in [0.2, 0.25) is 5.95 Å². The van der Waals surface area contributed by atoms with Crippen LogP contribution in [-0.2, 0) is 0 Å². The first-order chi connectivity index (χ1) is 31.3. The van der Waals surface area contributed by atoms with Crippen molar-refractivity contribution in [3.05, 3.63) is 212 Å². The molecular weight excluding hydrogens is 787 g/mol. The average molecular weight is 822 g/mol. The number of hydrogen-bond donors (Lipinski definition) is 0. The largest absolute Gasteiger partial charge is 0.307 e. The highest BCUT2D eigenvalue weighted by atomic mass is 32.1. The standard InChI is InChI=1S/C57H35N5S/c1-4-16-36(17-5-1)37-28-30-40(31-29-37)56-58-55(39-20-8-3-9-21-39)59-57(60-56)62-50-27-15-12-24-43(50)45-33-35-47-46-34-32-44-42-23-11-14-26-49(42)61(51(44)53(46)63-54(47)52(45)62)48-25-13-10-22-41(48)38-18-6-2-7-19-38/h1-35H. The van der Waals surface area contributed by atoms with Gasteiger partial charge in [-0.2, -0.15) is 9.97 Å². The molecule has 0 aliphatic carbocycles. The number of aromatic nitrogens is 5. The molecular formula is C57H35N5S. The summed E-state index contributed by atoms with van der Waals surface area (Å²) in [4.78, 5) is 15.8. The predicted octanol–water partition coefficient (Wildman–Crippen LogP) is 15.1. The predicted molar refractivity (Wildman–Crippen MR) is 263 cm³/mol. The summed E-state index contributed by atoms with van der Waals surface area (Å²) in [7, 11) is 0. The third kappa shape index (κ3) is 5.59. The molecule has 4 heterocycles. The van der Waals surface area contributed by atoms with Gasteiger partial charge in [0.1, 0.15) is 0 Å². The maximum absolute atomic E-state index is 5.35. The van der Waals surface area contributed by atoms with Gasteiger partial charge in [0, 0.05) is 49.0 Å². The van der Waals surface area contributed by atoms with E-state index in [2.05, 4.69) is 197 Å². The van der Waals surface area contributed by atoms with E-state index in [1.807, 2.05) is 35.6 Å². The highest BCUT2D eigenvalue weighted by Crippen LogP contribution is 2.47. The van der Waals surface area contributed by atoms with Crippen LogP contribution in [0.15, 0.2) is 212 Å². The number of benzene rings is 9. The molecule has 0 saturated carbocycles. The van der Waals surface area contributed by atoms with Crippen molar-refractivity contribution in [3.63, 3.8) is 0 Å². The van der Waals surface area contributed by atoms with Crippen molar-refractivity contribution in [2.24, 2.45) is 0 Å². The minimum atomic E-state index is 0.582. The first-order valence-corrected chi connectivity index (χ1v) is 22.0. The van der Waals surface area contributed by atoms with E-state index in [-0.39, 0.29) is 0 Å². The lowest BCUT2D eigenvalue weighted by Gasteiger charge is -2.14. The van der Waals surface area contributed by atoms with Crippen LogP contribution < -0.4 is 0 Å². The molecule has 0 N–H and O–H groups in total. The minimum absolute atomic E-state index is 0.582. The van der Waals surface area contributed by atoms with Gasteiger partial charge in [-0.15, -0.1) is 11.3 Å². The van der Waals surface area contributed by atoms with E-state index in [9.17, 15) is 0 Å². The molecule has 0 amide bonds. The zero-order chi connectivity index (χ0) is 41.4. The summed E-state index contributed by atoms with van der Waals surface area (Å²) >= 11 is 1.86. The Morgan fingerprint density at radius 3 is 1.35 bits per heavy atom. The molecule has 0 bridgehead atoms. The van der Waals surface area contributed by atoms with Gasteiger partial charge in [-0.05, 0) is 34.9 Å². The molecule has 13 rings (SSSR count). The van der Waals surface area contributed by atoms with Crippen LogP contribution in [0.25, 0.3) is 120 Å². The second-order valence-corrected chi connectivity index (χ2v) is 17.0. The van der Waals surface area contributed by atoms with Gasteiger partial charge in [0.25, 0.3) is 0 Å². The monoisotopic (exact) mass is 821 g/mol. The van der Waals surface area contributed by atoms with Crippen LogP contribution >= 0.6 is 11.3 Å². The maximum Gasteiger partial charge on any atom is 0.238 e. The Labute approximate surface area is 366 Å².